The number of amides is 1. The van der Waals surface area contributed by atoms with E-state index in [1.54, 1.807) is 19.2 Å². The lowest BCUT2D eigenvalue weighted by Gasteiger charge is -2.34. The molecule has 0 atom stereocenters. The maximum absolute atomic E-state index is 13.6. The third-order valence-electron chi connectivity index (χ3n) is 4.70. The Morgan fingerprint density at radius 3 is 2.63 bits per heavy atom. The van der Waals surface area contributed by atoms with Gasteiger partial charge in [-0.15, -0.1) is 24.0 Å². The molecule has 1 amide bonds. The van der Waals surface area contributed by atoms with Crippen molar-refractivity contribution in [1.29, 1.82) is 0 Å². The summed E-state index contributed by atoms with van der Waals surface area (Å²) < 4.78 is 24.6. The fourth-order valence-electron chi connectivity index (χ4n) is 3.19. The van der Waals surface area contributed by atoms with E-state index in [1.165, 1.54) is 12.1 Å². The standard InChI is InChI=1S/C21H33FN4O3.HI/c1-3-23-21(26-13-9-17(10-14-26)29-16-6-15-28-2)25-12-11-24-20(27)18-7-4-5-8-19(18)22;/h4-5,7-8,17H,3,6,9-16H2,1-2H3,(H,23,25)(H,24,27);1H. The molecule has 0 unspecified atom stereocenters. The van der Waals surface area contributed by atoms with Gasteiger partial charge in [0.05, 0.1) is 18.2 Å². The van der Waals surface area contributed by atoms with E-state index in [0.29, 0.717) is 13.1 Å². The number of likely N-dealkylation sites (tertiary alicyclic amines) is 1. The molecule has 170 valence electrons. The van der Waals surface area contributed by atoms with Gasteiger partial charge in [-0.05, 0) is 38.3 Å². The SMILES string of the molecule is CCNC(=NCCNC(=O)c1ccccc1F)N1CCC(OCCCOC)CC1.I. The number of carbonyl (C=O) groups is 1. The molecule has 1 aliphatic heterocycles. The van der Waals surface area contributed by atoms with Crippen LogP contribution in [0.5, 0.6) is 0 Å². The van der Waals surface area contributed by atoms with Crippen LogP contribution in [0.2, 0.25) is 0 Å². The maximum Gasteiger partial charge on any atom is 0.254 e. The molecule has 7 nitrogen and oxygen atoms in total. The van der Waals surface area contributed by atoms with Crippen LogP contribution in [-0.4, -0.2) is 75.9 Å². The number of aliphatic imine (C=N–C) groups is 1. The third kappa shape index (κ3) is 9.13. The predicted octanol–water partition coefficient (Wildman–Crippen LogP) is 2.66. The smallest absolute Gasteiger partial charge is 0.254 e. The number of benzene rings is 1. The van der Waals surface area contributed by atoms with Gasteiger partial charge >= 0.3 is 0 Å². The first-order chi connectivity index (χ1) is 14.2. The minimum Gasteiger partial charge on any atom is -0.385 e. The van der Waals surface area contributed by atoms with E-state index in [9.17, 15) is 9.18 Å². The van der Waals surface area contributed by atoms with Gasteiger partial charge in [-0.2, -0.15) is 0 Å². The Hall–Kier alpha value is -1.46. The monoisotopic (exact) mass is 536 g/mol. The second-order valence-corrected chi connectivity index (χ2v) is 6.87. The van der Waals surface area contributed by atoms with Crippen molar-refractivity contribution in [3.8, 4) is 0 Å². The molecule has 1 aliphatic rings. The molecule has 0 aromatic heterocycles. The summed E-state index contributed by atoms with van der Waals surface area (Å²) in [7, 11) is 1.70. The number of nitrogens with one attached hydrogen (secondary N) is 2. The van der Waals surface area contributed by atoms with E-state index < -0.39 is 11.7 Å². The number of ether oxygens (including phenoxy) is 2. The van der Waals surface area contributed by atoms with E-state index in [2.05, 4.69) is 20.5 Å². The lowest BCUT2D eigenvalue weighted by Crippen LogP contribution is -2.47. The highest BCUT2D eigenvalue weighted by atomic mass is 127. The van der Waals surface area contributed by atoms with Crippen molar-refractivity contribution in [2.45, 2.75) is 32.3 Å². The topological polar surface area (TPSA) is 75.2 Å². The predicted molar refractivity (Wildman–Crippen MR) is 127 cm³/mol. The van der Waals surface area contributed by atoms with Crippen molar-refractivity contribution in [2.75, 3.05) is 53.0 Å². The lowest BCUT2D eigenvalue weighted by molar-refractivity contribution is 0.00990. The number of carbonyl (C=O) groups excluding carboxylic acids is 1. The number of guanidine groups is 1. The van der Waals surface area contributed by atoms with Crippen LogP contribution in [-0.2, 0) is 9.47 Å². The van der Waals surface area contributed by atoms with Gasteiger partial charge in [-0.3, -0.25) is 9.79 Å². The minimum atomic E-state index is -0.519. The number of hydrogen-bond acceptors (Lipinski definition) is 4. The third-order valence-corrected chi connectivity index (χ3v) is 4.70. The Bertz CT molecular complexity index is 655. The quantitative estimate of drug-likeness (QED) is 0.208. The van der Waals surface area contributed by atoms with Gasteiger partial charge in [-0.25, -0.2) is 4.39 Å². The lowest BCUT2D eigenvalue weighted by atomic mass is 10.1. The molecule has 1 aromatic rings. The van der Waals surface area contributed by atoms with Gasteiger partial charge in [0, 0.05) is 46.5 Å². The van der Waals surface area contributed by atoms with Crippen molar-refractivity contribution in [3.63, 3.8) is 0 Å². The molecule has 0 radical (unpaired) electrons. The van der Waals surface area contributed by atoms with Crippen LogP contribution in [0, 0.1) is 5.82 Å². The normalized spacial score (nSPS) is 14.9. The first-order valence-electron chi connectivity index (χ1n) is 10.3. The van der Waals surface area contributed by atoms with E-state index in [0.717, 1.165) is 58.1 Å². The van der Waals surface area contributed by atoms with Gasteiger partial charge < -0.3 is 25.0 Å². The van der Waals surface area contributed by atoms with Crippen molar-refractivity contribution < 1.29 is 18.7 Å². The molecule has 1 aromatic carbocycles. The maximum atomic E-state index is 13.6. The largest absolute Gasteiger partial charge is 0.385 e. The number of piperidine rings is 1. The highest BCUT2D eigenvalue weighted by molar-refractivity contribution is 14.0. The number of halogens is 2. The molecule has 1 heterocycles. The number of rotatable bonds is 10. The second-order valence-electron chi connectivity index (χ2n) is 6.87. The van der Waals surface area contributed by atoms with Crippen LogP contribution >= 0.6 is 24.0 Å². The zero-order valence-electron chi connectivity index (χ0n) is 17.9. The molecule has 0 spiro atoms. The number of nitrogens with zero attached hydrogens (tertiary/aromatic N) is 2. The first kappa shape index (κ1) is 26.6. The fraction of sp³-hybridized carbons (Fsp3) is 0.619. The first-order valence-corrected chi connectivity index (χ1v) is 10.3. The van der Waals surface area contributed by atoms with E-state index in [4.69, 9.17) is 9.47 Å². The number of hydrogen-bond donors (Lipinski definition) is 2. The van der Waals surface area contributed by atoms with Gasteiger partial charge in [0.15, 0.2) is 5.96 Å². The molecule has 0 aliphatic carbocycles. The van der Waals surface area contributed by atoms with Crippen LogP contribution in [0.25, 0.3) is 0 Å². The summed E-state index contributed by atoms with van der Waals surface area (Å²) in [5.74, 6) is -0.102. The molecule has 30 heavy (non-hydrogen) atoms. The molecule has 1 fully saturated rings. The average Bonchev–Trinajstić information content (AvgIpc) is 2.74. The average molecular weight is 536 g/mol. The molecule has 0 saturated carbocycles. The highest BCUT2D eigenvalue weighted by Gasteiger charge is 2.21. The minimum absolute atomic E-state index is 0. The van der Waals surface area contributed by atoms with E-state index in [1.807, 2.05) is 6.92 Å². The zero-order valence-corrected chi connectivity index (χ0v) is 20.2. The van der Waals surface area contributed by atoms with Crippen molar-refractivity contribution in [1.82, 2.24) is 15.5 Å². The number of methoxy groups -OCH3 is 1. The summed E-state index contributed by atoms with van der Waals surface area (Å²) in [4.78, 5) is 18.9. The van der Waals surface area contributed by atoms with Crippen molar-refractivity contribution in [2.24, 2.45) is 4.99 Å². The van der Waals surface area contributed by atoms with Gasteiger partial charge in [0.25, 0.3) is 5.91 Å². The molecule has 0 bridgehead atoms. The Labute approximate surface area is 195 Å². The van der Waals surface area contributed by atoms with Crippen LogP contribution in [0.4, 0.5) is 4.39 Å². The molecule has 1 saturated heterocycles. The van der Waals surface area contributed by atoms with E-state index in [-0.39, 0.29) is 35.6 Å². The zero-order chi connectivity index (χ0) is 20.9. The van der Waals surface area contributed by atoms with Crippen LogP contribution in [0.3, 0.4) is 0 Å². The highest BCUT2D eigenvalue weighted by Crippen LogP contribution is 2.14. The molecule has 2 N–H and O–H groups in total. The summed E-state index contributed by atoms with van der Waals surface area (Å²) in [5.41, 5.74) is 0.0518. The molecule has 2 rings (SSSR count). The van der Waals surface area contributed by atoms with Crippen molar-refractivity contribution in [3.05, 3.63) is 35.6 Å². The molecular formula is C21H34FIN4O3. The van der Waals surface area contributed by atoms with E-state index >= 15 is 0 Å². The summed E-state index contributed by atoms with van der Waals surface area (Å²) >= 11 is 0. The Morgan fingerprint density at radius 2 is 1.97 bits per heavy atom. The summed E-state index contributed by atoms with van der Waals surface area (Å²) in [5, 5.41) is 6.02. The second kappa shape index (κ2) is 15.4. The Balaban J connectivity index is 0.00000450. The molecular weight excluding hydrogens is 502 g/mol. The van der Waals surface area contributed by atoms with Gasteiger partial charge in [0.2, 0.25) is 0 Å². The fourth-order valence-corrected chi connectivity index (χ4v) is 3.19. The van der Waals surface area contributed by atoms with Crippen LogP contribution in [0.15, 0.2) is 29.3 Å². The molecule has 9 heteroatoms. The summed E-state index contributed by atoms with van der Waals surface area (Å²) in [6.07, 6.45) is 3.12. The van der Waals surface area contributed by atoms with Gasteiger partial charge in [0.1, 0.15) is 5.82 Å². The van der Waals surface area contributed by atoms with Crippen molar-refractivity contribution >= 4 is 35.8 Å². The Kier molecular flexibility index (Phi) is 13.6. The van der Waals surface area contributed by atoms with Gasteiger partial charge in [-0.1, -0.05) is 12.1 Å². The Morgan fingerprint density at radius 1 is 1.23 bits per heavy atom. The summed E-state index contributed by atoms with van der Waals surface area (Å²) in [6, 6.07) is 5.96. The summed E-state index contributed by atoms with van der Waals surface area (Å²) in [6.45, 7) is 6.79. The van der Waals surface area contributed by atoms with Crippen LogP contribution < -0.4 is 10.6 Å². The van der Waals surface area contributed by atoms with Crippen LogP contribution in [0.1, 0.15) is 36.5 Å².